The molecule has 0 radical (unpaired) electrons. The number of allylic oxidation sites excluding steroid dienone is 2. The van der Waals surface area contributed by atoms with Gasteiger partial charge in [-0.25, -0.2) is 4.58 Å². The molecule has 0 aliphatic heterocycles. The molecule has 0 saturated heterocycles. The largest absolute Gasteiger partial charge is 0.239 e. The van der Waals surface area contributed by atoms with Gasteiger partial charge in [0.15, 0.2) is 6.21 Å². The van der Waals surface area contributed by atoms with Crippen molar-refractivity contribution in [2.24, 2.45) is 0 Å². The van der Waals surface area contributed by atoms with Crippen LogP contribution in [0, 0.1) is 0 Å². The molecule has 0 N–H and O–H groups in total. The molecule has 0 atom stereocenters. The van der Waals surface area contributed by atoms with Gasteiger partial charge >= 0.3 is 0 Å². The highest BCUT2D eigenvalue weighted by atomic mass is 14.9. The first-order chi connectivity index (χ1) is 3.81. The van der Waals surface area contributed by atoms with E-state index in [2.05, 4.69) is 24.8 Å². The Hall–Kier alpha value is -0.590. The maximum atomic E-state index is 2.12. The van der Waals surface area contributed by atoms with E-state index in [1.54, 1.807) is 0 Å². The summed E-state index contributed by atoms with van der Waals surface area (Å²) in [5.74, 6) is 0. The van der Waals surface area contributed by atoms with Crippen LogP contribution < -0.4 is 0 Å². The summed E-state index contributed by atoms with van der Waals surface area (Å²) >= 11 is 0. The lowest BCUT2D eigenvalue weighted by molar-refractivity contribution is -0.487. The molecule has 0 saturated carbocycles. The van der Waals surface area contributed by atoms with Gasteiger partial charge in [-0.2, -0.15) is 0 Å². The second-order valence-corrected chi connectivity index (χ2v) is 1.75. The molecule has 8 heavy (non-hydrogen) atoms. The Morgan fingerprint density at radius 3 is 2.50 bits per heavy atom. The molecule has 0 fully saturated rings. The highest BCUT2D eigenvalue weighted by Gasteiger charge is 1.80. The minimum atomic E-state index is 1.07. The van der Waals surface area contributed by atoms with Gasteiger partial charge in [0.1, 0.15) is 13.6 Å². The van der Waals surface area contributed by atoms with Gasteiger partial charge in [-0.1, -0.05) is 6.08 Å². The van der Waals surface area contributed by atoms with E-state index in [1.807, 2.05) is 19.1 Å². The van der Waals surface area contributed by atoms with Crippen LogP contribution in [-0.4, -0.2) is 24.4 Å². The maximum Gasteiger partial charge on any atom is 0.162 e. The van der Waals surface area contributed by atoms with Crippen molar-refractivity contribution in [3.05, 3.63) is 12.2 Å². The summed E-state index contributed by atoms with van der Waals surface area (Å²) in [5.41, 5.74) is 0. The lowest BCUT2D eigenvalue weighted by Crippen LogP contribution is -2.03. The molecule has 0 aromatic heterocycles. The summed E-state index contributed by atoms with van der Waals surface area (Å²) in [5, 5.41) is 0. The van der Waals surface area contributed by atoms with E-state index in [9.17, 15) is 0 Å². The fourth-order valence-electron chi connectivity index (χ4n) is 0.338. The van der Waals surface area contributed by atoms with Crippen LogP contribution in [0.15, 0.2) is 12.2 Å². The Morgan fingerprint density at radius 1 is 1.50 bits per heavy atom. The van der Waals surface area contributed by atoms with Crippen molar-refractivity contribution in [3.63, 3.8) is 0 Å². The van der Waals surface area contributed by atoms with E-state index in [0.29, 0.717) is 0 Å². The van der Waals surface area contributed by atoms with Crippen molar-refractivity contribution in [1.29, 1.82) is 0 Å². The predicted octanol–water partition coefficient (Wildman–Crippen LogP) is 1.30. The third-order valence-electron chi connectivity index (χ3n) is 1.03. The quantitative estimate of drug-likeness (QED) is 0.374. The van der Waals surface area contributed by atoms with Crippen molar-refractivity contribution >= 4 is 6.21 Å². The van der Waals surface area contributed by atoms with Gasteiger partial charge < -0.3 is 0 Å². The monoisotopic (exact) mass is 112 g/mol. The zero-order chi connectivity index (χ0) is 6.41. The Bertz CT molecular complexity index is 101. The molecular weight excluding hydrogens is 98.1 g/mol. The van der Waals surface area contributed by atoms with Crippen molar-refractivity contribution in [2.75, 3.05) is 13.6 Å². The van der Waals surface area contributed by atoms with E-state index in [-0.39, 0.29) is 0 Å². The van der Waals surface area contributed by atoms with Crippen LogP contribution in [0.2, 0.25) is 0 Å². The fourth-order valence-corrected chi connectivity index (χ4v) is 0.338. The Balaban J connectivity index is 3.57. The lowest BCUT2D eigenvalue weighted by atomic mass is 10.5. The second-order valence-electron chi connectivity index (χ2n) is 1.75. The number of hydrogen-bond acceptors (Lipinski definition) is 0. The molecule has 0 heterocycles. The van der Waals surface area contributed by atoms with Crippen LogP contribution in [0.5, 0.6) is 0 Å². The number of hydrogen-bond donors (Lipinski definition) is 0. The number of nitrogens with zero attached hydrogens (tertiary/aromatic N) is 1. The van der Waals surface area contributed by atoms with Gasteiger partial charge in [-0.15, -0.1) is 0 Å². The molecule has 0 bridgehead atoms. The van der Waals surface area contributed by atoms with Gasteiger partial charge in [0, 0.05) is 0 Å². The highest BCUT2D eigenvalue weighted by Crippen LogP contribution is 1.66. The maximum absolute atomic E-state index is 2.12. The molecule has 0 rings (SSSR count). The molecule has 0 amide bonds. The van der Waals surface area contributed by atoms with Gasteiger partial charge in [0.2, 0.25) is 0 Å². The van der Waals surface area contributed by atoms with Crippen molar-refractivity contribution in [3.8, 4) is 0 Å². The summed E-state index contributed by atoms with van der Waals surface area (Å²) in [7, 11) is 2.06. The van der Waals surface area contributed by atoms with Crippen LogP contribution in [-0.2, 0) is 0 Å². The Labute approximate surface area is 51.3 Å². The van der Waals surface area contributed by atoms with E-state index >= 15 is 0 Å². The van der Waals surface area contributed by atoms with Gasteiger partial charge in [0.05, 0.1) is 0 Å². The van der Waals surface area contributed by atoms with Crippen LogP contribution in [0.3, 0.4) is 0 Å². The predicted molar refractivity (Wildman–Crippen MR) is 37.6 cm³/mol. The highest BCUT2D eigenvalue weighted by molar-refractivity contribution is 5.65. The smallest absolute Gasteiger partial charge is 0.162 e. The first-order valence-corrected chi connectivity index (χ1v) is 2.97. The molecule has 1 nitrogen and oxygen atoms in total. The van der Waals surface area contributed by atoms with Crippen LogP contribution >= 0.6 is 0 Å². The summed E-state index contributed by atoms with van der Waals surface area (Å²) in [6.45, 7) is 5.21. The van der Waals surface area contributed by atoms with Gasteiger partial charge in [-0.3, -0.25) is 0 Å². The average Bonchev–Trinajstić information content (AvgIpc) is 1.83. The first kappa shape index (κ1) is 7.41. The van der Waals surface area contributed by atoms with Crippen molar-refractivity contribution < 1.29 is 4.58 Å². The van der Waals surface area contributed by atoms with Gasteiger partial charge in [-0.05, 0) is 19.9 Å². The molecule has 0 unspecified atom stereocenters. The fraction of sp³-hybridized carbons (Fsp3) is 0.571. The minimum Gasteiger partial charge on any atom is -0.239 e. The molecule has 0 aromatic carbocycles. The van der Waals surface area contributed by atoms with E-state index in [4.69, 9.17) is 0 Å². The molecule has 0 spiro atoms. The molecule has 1 heteroatoms. The zero-order valence-corrected chi connectivity index (χ0v) is 5.89. The topological polar surface area (TPSA) is 3.01 Å². The molecule has 0 aliphatic rings. The molecule has 46 valence electrons. The van der Waals surface area contributed by atoms with Crippen LogP contribution in [0.1, 0.15) is 13.8 Å². The van der Waals surface area contributed by atoms with Gasteiger partial charge in [0.25, 0.3) is 0 Å². The van der Waals surface area contributed by atoms with Crippen LogP contribution in [0.4, 0.5) is 0 Å². The summed E-state index contributed by atoms with van der Waals surface area (Å²) in [4.78, 5) is 0. The van der Waals surface area contributed by atoms with Crippen molar-refractivity contribution in [2.45, 2.75) is 13.8 Å². The van der Waals surface area contributed by atoms with E-state index in [1.165, 1.54) is 0 Å². The minimum absolute atomic E-state index is 1.07. The molecule has 0 aliphatic carbocycles. The summed E-state index contributed by atoms with van der Waals surface area (Å²) in [6, 6.07) is 0. The van der Waals surface area contributed by atoms with E-state index in [0.717, 1.165) is 6.54 Å². The van der Waals surface area contributed by atoms with Crippen molar-refractivity contribution in [1.82, 2.24) is 0 Å². The van der Waals surface area contributed by atoms with E-state index < -0.39 is 0 Å². The Morgan fingerprint density at radius 2 is 2.12 bits per heavy atom. The summed E-state index contributed by atoms with van der Waals surface area (Å²) in [6.07, 6.45) is 6.11. The molecule has 0 aromatic rings. The second kappa shape index (κ2) is 4.57. The number of rotatable bonds is 2. The SMILES string of the molecule is C/C=C\C=[N+](C)CC. The normalized spacial score (nSPS) is 13.1. The standard InChI is InChI=1S/C7H14N/c1-4-6-7-8(3)5-2/h4,6-7H,5H2,1-3H3/q+1/b6-4-,8-7?. The Kier molecular flexibility index (Phi) is 4.23. The lowest BCUT2D eigenvalue weighted by Gasteiger charge is -1.83. The average molecular weight is 112 g/mol. The first-order valence-electron chi connectivity index (χ1n) is 2.97. The molecular formula is C7H14N+. The third kappa shape index (κ3) is 3.59. The summed E-state index contributed by atoms with van der Waals surface area (Å²) < 4.78 is 2.12. The third-order valence-corrected chi connectivity index (χ3v) is 1.03. The zero-order valence-electron chi connectivity index (χ0n) is 5.89. The van der Waals surface area contributed by atoms with Crippen LogP contribution in [0.25, 0.3) is 0 Å².